The molecule has 0 saturated heterocycles. The molecule has 1 N–H and O–H groups in total. The molecule has 1 atom stereocenters. The minimum Gasteiger partial charge on any atom is -0.507 e. The number of hydrogen-bond donors (Lipinski definition) is 1. The monoisotopic (exact) mass is 466 g/mol. The molecule has 1 unspecified atom stereocenters. The van der Waals surface area contributed by atoms with Crippen LogP contribution in [0, 0.1) is 0 Å². The third kappa shape index (κ3) is 3.22. The van der Waals surface area contributed by atoms with Gasteiger partial charge in [-0.1, -0.05) is 72.0 Å². The number of rotatable bonds is 3. The summed E-state index contributed by atoms with van der Waals surface area (Å²) in [5, 5.41) is 10.3. The molecule has 168 valence electrons. The molecule has 5 nitrogen and oxygen atoms in total. The van der Waals surface area contributed by atoms with Crippen molar-refractivity contribution in [3.63, 3.8) is 0 Å². The van der Waals surface area contributed by atoms with Gasteiger partial charge in [0.25, 0.3) is 5.56 Å². The first-order valence-electron chi connectivity index (χ1n) is 11.2. The van der Waals surface area contributed by atoms with Crippen molar-refractivity contribution >= 4 is 23.1 Å². The molecule has 2 aliphatic rings. The Bertz CT molecular complexity index is 1640. The summed E-state index contributed by atoms with van der Waals surface area (Å²) in [5.74, 6) is 0.887. The number of methoxy groups -OCH3 is 1. The number of aryl methyl sites for hydroxylation is 1. The van der Waals surface area contributed by atoms with Crippen molar-refractivity contribution in [2.75, 3.05) is 7.11 Å². The molecule has 1 aromatic heterocycles. The average molecular weight is 467 g/mol. The minimum absolute atomic E-state index is 0.117. The van der Waals surface area contributed by atoms with Crippen molar-refractivity contribution in [2.45, 2.75) is 18.9 Å². The molecule has 0 bridgehead atoms. The molecule has 0 radical (unpaired) electrons. The number of aromatic nitrogens is 1. The Labute approximate surface area is 200 Å². The van der Waals surface area contributed by atoms with E-state index < -0.39 is 0 Å². The Morgan fingerprint density at radius 1 is 1.03 bits per heavy atom. The lowest BCUT2D eigenvalue weighted by Crippen LogP contribution is -2.39. The summed E-state index contributed by atoms with van der Waals surface area (Å²) >= 11 is 1.35. The van der Waals surface area contributed by atoms with Crippen molar-refractivity contribution in [3.8, 4) is 11.5 Å². The Morgan fingerprint density at radius 2 is 1.79 bits per heavy atom. The number of nitrogens with zero attached hydrogens (tertiary/aromatic N) is 2. The van der Waals surface area contributed by atoms with E-state index in [1.54, 1.807) is 36.0 Å². The summed E-state index contributed by atoms with van der Waals surface area (Å²) in [6, 6.07) is 23.0. The predicted molar refractivity (Wildman–Crippen MR) is 134 cm³/mol. The maximum atomic E-state index is 13.8. The molecule has 2 heterocycles. The van der Waals surface area contributed by atoms with Gasteiger partial charge in [-0.25, -0.2) is 4.99 Å². The van der Waals surface area contributed by atoms with Crippen molar-refractivity contribution < 1.29 is 9.84 Å². The fraction of sp³-hybridized carbons (Fsp3) is 0.143. The van der Waals surface area contributed by atoms with E-state index in [9.17, 15) is 9.90 Å². The molecule has 6 rings (SSSR count). The van der Waals surface area contributed by atoms with E-state index in [0.29, 0.717) is 14.9 Å². The lowest BCUT2D eigenvalue weighted by molar-refractivity contribution is 0.402. The zero-order valence-corrected chi connectivity index (χ0v) is 19.4. The second kappa shape index (κ2) is 8.15. The SMILES string of the molecule is COc1ccccc1C1C2=C(N=c3s/c(=C/c4ccccc4O)c(=O)n31)c1ccccc1CC2. The molecular formula is C28H22N2O3S. The smallest absolute Gasteiger partial charge is 0.271 e. The van der Waals surface area contributed by atoms with Gasteiger partial charge in [-0.15, -0.1) is 0 Å². The van der Waals surface area contributed by atoms with Crippen molar-refractivity contribution in [3.05, 3.63) is 120 Å². The fourth-order valence-electron chi connectivity index (χ4n) is 4.94. The Morgan fingerprint density at radius 3 is 2.65 bits per heavy atom. The Kier molecular flexibility index (Phi) is 4.96. The number of thiazole rings is 1. The van der Waals surface area contributed by atoms with Gasteiger partial charge in [-0.3, -0.25) is 9.36 Å². The molecule has 1 aliphatic heterocycles. The van der Waals surface area contributed by atoms with Gasteiger partial charge in [-0.2, -0.15) is 0 Å². The molecule has 0 amide bonds. The van der Waals surface area contributed by atoms with Crippen LogP contribution >= 0.6 is 11.3 Å². The van der Waals surface area contributed by atoms with E-state index in [1.807, 2.05) is 36.4 Å². The zero-order valence-electron chi connectivity index (χ0n) is 18.6. The summed E-state index contributed by atoms with van der Waals surface area (Å²) in [6.07, 6.45) is 3.47. The van der Waals surface area contributed by atoms with Gasteiger partial charge in [0, 0.05) is 16.7 Å². The molecule has 4 aromatic rings. The Hall–Kier alpha value is -3.90. The molecule has 3 aromatic carbocycles. The van der Waals surface area contributed by atoms with Crippen molar-refractivity contribution in [1.29, 1.82) is 0 Å². The van der Waals surface area contributed by atoms with Crippen LogP contribution in [-0.4, -0.2) is 16.8 Å². The van der Waals surface area contributed by atoms with E-state index in [4.69, 9.17) is 9.73 Å². The minimum atomic E-state index is -0.303. The summed E-state index contributed by atoms with van der Waals surface area (Å²) in [6.45, 7) is 0. The molecule has 0 fully saturated rings. The molecular weight excluding hydrogens is 444 g/mol. The summed E-state index contributed by atoms with van der Waals surface area (Å²) < 4.78 is 8.04. The standard InChI is InChI=1S/C28H22N2O3S/c1-33-23-13-7-5-11-20(23)26-21-15-14-17-8-2-4-10-19(17)25(21)29-28-30(26)27(32)24(34-28)16-18-9-3-6-12-22(18)31/h2-13,16,26,31H,14-15H2,1H3/b24-16+. The van der Waals surface area contributed by atoms with E-state index in [1.165, 1.54) is 16.9 Å². The van der Waals surface area contributed by atoms with Gasteiger partial charge >= 0.3 is 0 Å². The summed E-state index contributed by atoms with van der Waals surface area (Å²) in [4.78, 5) is 19.4. The lowest BCUT2D eigenvalue weighted by Gasteiger charge is -2.31. The first-order valence-corrected chi connectivity index (χ1v) is 12.0. The number of para-hydroxylation sites is 2. The first-order chi connectivity index (χ1) is 16.7. The van der Waals surface area contributed by atoms with Crippen LogP contribution in [0.4, 0.5) is 0 Å². The van der Waals surface area contributed by atoms with E-state index in [2.05, 4.69) is 18.2 Å². The van der Waals surface area contributed by atoms with Crippen LogP contribution in [0.2, 0.25) is 0 Å². The lowest BCUT2D eigenvalue weighted by atomic mass is 9.83. The van der Waals surface area contributed by atoms with Gasteiger partial charge in [0.05, 0.1) is 23.4 Å². The third-order valence-corrected chi connectivity index (χ3v) is 7.51. The molecule has 0 saturated carbocycles. The van der Waals surface area contributed by atoms with Gasteiger partial charge in [-0.05, 0) is 42.2 Å². The highest BCUT2D eigenvalue weighted by molar-refractivity contribution is 7.07. The zero-order chi connectivity index (χ0) is 23.2. The number of aromatic hydroxyl groups is 1. The van der Waals surface area contributed by atoms with Crippen LogP contribution < -0.4 is 19.6 Å². The van der Waals surface area contributed by atoms with Crippen LogP contribution in [0.25, 0.3) is 11.8 Å². The number of ether oxygens (including phenoxy) is 1. The van der Waals surface area contributed by atoms with Crippen molar-refractivity contribution in [2.24, 2.45) is 4.99 Å². The second-order valence-corrected chi connectivity index (χ2v) is 9.42. The molecule has 34 heavy (non-hydrogen) atoms. The van der Waals surface area contributed by atoms with Crippen LogP contribution in [-0.2, 0) is 6.42 Å². The molecule has 0 spiro atoms. The molecule has 1 aliphatic carbocycles. The summed E-state index contributed by atoms with van der Waals surface area (Å²) in [7, 11) is 1.66. The van der Waals surface area contributed by atoms with Gasteiger partial charge < -0.3 is 9.84 Å². The fourth-order valence-corrected chi connectivity index (χ4v) is 5.93. The topological polar surface area (TPSA) is 63.8 Å². The number of fused-ring (bicyclic) bond motifs is 3. The first kappa shape index (κ1) is 20.7. The van der Waals surface area contributed by atoms with Crippen LogP contribution in [0.1, 0.15) is 34.7 Å². The Balaban J connectivity index is 1.66. The number of phenolic OH excluding ortho intramolecular Hbond substituents is 1. The number of phenols is 1. The quantitative estimate of drug-likeness (QED) is 0.496. The van der Waals surface area contributed by atoms with Crippen LogP contribution in [0.15, 0.2) is 88.2 Å². The maximum Gasteiger partial charge on any atom is 0.271 e. The van der Waals surface area contributed by atoms with E-state index in [0.717, 1.165) is 41.0 Å². The largest absolute Gasteiger partial charge is 0.507 e. The van der Waals surface area contributed by atoms with Crippen LogP contribution in [0.5, 0.6) is 11.5 Å². The van der Waals surface area contributed by atoms with Gasteiger partial charge in [0.1, 0.15) is 11.5 Å². The number of benzene rings is 3. The van der Waals surface area contributed by atoms with E-state index in [-0.39, 0.29) is 17.4 Å². The highest BCUT2D eigenvalue weighted by Crippen LogP contribution is 2.43. The third-order valence-electron chi connectivity index (χ3n) is 6.53. The molecule has 6 heteroatoms. The van der Waals surface area contributed by atoms with Gasteiger partial charge in [0.15, 0.2) is 4.80 Å². The maximum absolute atomic E-state index is 13.8. The highest BCUT2D eigenvalue weighted by Gasteiger charge is 2.33. The average Bonchev–Trinajstić information content (AvgIpc) is 3.18. The van der Waals surface area contributed by atoms with Gasteiger partial charge in [0.2, 0.25) is 0 Å². The number of allylic oxidation sites excluding steroid dienone is 1. The second-order valence-electron chi connectivity index (χ2n) is 8.41. The summed E-state index contributed by atoms with van der Waals surface area (Å²) in [5.41, 5.74) is 5.92. The normalized spacial score (nSPS) is 17.0. The highest BCUT2D eigenvalue weighted by atomic mass is 32.1. The van der Waals surface area contributed by atoms with E-state index >= 15 is 0 Å². The predicted octanol–water partition coefficient (Wildman–Crippen LogP) is 4.03. The van der Waals surface area contributed by atoms with Crippen LogP contribution in [0.3, 0.4) is 0 Å². The van der Waals surface area contributed by atoms with Crippen molar-refractivity contribution in [1.82, 2.24) is 4.57 Å². The number of hydrogen-bond acceptors (Lipinski definition) is 5.